The molecule has 0 aliphatic heterocycles. The van der Waals surface area contributed by atoms with Gasteiger partial charge in [-0.2, -0.15) is 0 Å². The number of methoxy groups -OCH3 is 1. The van der Waals surface area contributed by atoms with E-state index < -0.39 is 10.8 Å². The van der Waals surface area contributed by atoms with Crippen molar-refractivity contribution in [3.05, 3.63) is 29.8 Å². The molecule has 1 atom stereocenters. The van der Waals surface area contributed by atoms with Gasteiger partial charge in [0.25, 0.3) is 0 Å². The van der Waals surface area contributed by atoms with Crippen LogP contribution in [0.1, 0.15) is 10.4 Å². The van der Waals surface area contributed by atoms with E-state index in [9.17, 15) is 9.00 Å². The number of carbonyl (C=O) groups excluding carboxylic acids is 1. The molecule has 0 amide bonds. The van der Waals surface area contributed by atoms with E-state index in [1.165, 1.54) is 6.26 Å². The van der Waals surface area contributed by atoms with E-state index >= 15 is 0 Å². The maximum absolute atomic E-state index is 11.5. The van der Waals surface area contributed by atoms with Crippen LogP contribution in [0.5, 0.6) is 5.75 Å². The Bertz CT molecular complexity index is 360. The second-order valence-electron chi connectivity index (χ2n) is 2.87. The Morgan fingerprint density at radius 2 is 2.21 bits per heavy atom. The average Bonchev–Trinajstić information content (AvgIpc) is 2.17. The van der Waals surface area contributed by atoms with Gasteiger partial charge in [-0.3, -0.25) is 9.00 Å². The smallest absolute Gasteiger partial charge is 0.175 e. The average molecular weight is 212 g/mol. The topological polar surface area (TPSA) is 43.4 Å². The quantitative estimate of drug-likeness (QED) is 0.706. The molecule has 1 aromatic carbocycles. The molecule has 1 unspecified atom stereocenters. The van der Waals surface area contributed by atoms with Crippen LogP contribution < -0.4 is 4.74 Å². The van der Waals surface area contributed by atoms with Gasteiger partial charge in [0.05, 0.1) is 12.9 Å². The zero-order valence-corrected chi connectivity index (χ0v) is 8.97. The van der Waals surface area contributed by atoms with Gasteiger partial charge in [-0.05, 0) is 12.1 Å². The van der Waals surface area contributed by atoms with Crippen molar-refractivity contribution in [2.75, 3.05) is 19.1 Å². The molecular weight excluding hydrogens is 200 g/mol. The molecule has 0 spiro atoms. The Labute approximate surface area is 85.5 Å². The number of rotatable bonds is 4. The predicted octanol–water partition coefficient (Wildman–Crippen LogP) is 1.26. The molecule has 0 fully saturated rings. The zero-order chi connectivity index (χ0) is 10.6. The van der Waals surface area contributed by atoms with E-state index in [0.29, 0.717) is 11.3 Å². The summed E-state index contributed by atoms with van der Waals surface area (Å²) in [4.78, 5) is 11.5. The predicted molar refractivity (Wildman–Crippen MR) is 56.3 cm³/mol. The van der Waals surface area contributed by atoms with Crippen molar-refractivity contribution in [2.24, 2.45) is 0 Å². The standard InChI is InChI=1S/C10H12O3S/c1-13-9-5-3-4-8(6-9)10(11)7-14(2)12/h3-6H,7H2,1-2H3. The monoisotopic (exact) mass is 212 g/mol. The lowest BCUT2D eigenvalue weighted by molar-refractivity contribution is 0.102. The molecule has 0 aliphatic carbocycles. The van der Waals surface area contributed by atoms with Crippen LogP contribution >= 0.6 is 0 Å². The molecule has 0 saturated heterocycles. The fourth-order valence-corrected chi connectivity index (χ4v) is 1.60. The van der Waals surface area contributed by atoms with Crippen LogP contribution in [0, 0.1) is 0 Å². The lowest BCUT2D eigenvalue weighted by Gasteiger charge is -2.02. The summed E-state index contributed by atoms with van der Waals surface area (Å²) in [6.45, 7) is 0. The van der Waals surface area contributed by atoms with Crippen molar-refractivity contribution in [1.29, 1.82) is 0 Å². The summed E-state index contributed by atoms with van der Waals surface area (Å²) < 4.78 is 15.8. The van der Waals surface area contributed by atoms with E-state index in [-0.39, 0.29) is 11.5 Å². The Hall–Kier alpha value is -1.16. The largest absolute Gasteiger partial charge is 0.497 e. The van der Waals surface area contributed by atoms with Gasteiger partial charge in [0.2, 0.25) is 0 Å². The molecular formula is C10H12O3S. The SMILES string of the molecule is COc1cccc(C(=O)CS(C)=O)c1. The molecule has 1 rings (SSSR count). The van der Waals surface area contributed by atoms with Gasteiger partial charge in [0, 0.05) is 22.6 Å². The van der Waals surface area contributed by atoms with Crippen molar-refractivity contribution >= 4 is 16.6 Å². The first-order valence-electron chi connectivity index (χ1n) is 4.11. The molecule has 4 heteroatoms. The minimum Gasteiger partial charge on any atom is -0.497 e. The zero-order valence-electron chi connectivity index (χ0n) is 8.15. The van der Waals surface area contributed by atoms with E-state index in [1.807, 2.05) is 0 Å². The summed E-state index contributed by atoms with van der Waals surface area (Å²) in [6, 6.07) is 6.84. The number of benzene rings is 1. The normalized spacial score (nSPS) is 12.1. The summed E-state index contributed by atoms with van der Waals surface area (Å²) >= 11 is 0. The summed E-state index contributed by atoms with van der Waals surface area (Å²) in [5.41, 5.74) is 0.541. The first-order valence-corrected chi connectivity index (χ1v) is 5.83. The highest BCUT2D eigenvalue weighted by Gasteiger charge is 2.08. The van der Waals surface area contributed by atoms with Gasteiger partial charge < -0.3 is 4.74 Å². The second-order valence-corrected chi connectivity index (χ2v) is 4.31. The fourth-order valence-electron chi connectivity index (χ4n) is 1.06. The van der Waals surface area contributed by atoms with Gasteiger partial charge in [-0.15, -0.1) is 0 Å². The van der Waals surface area contributed by atoms with Crippen molar-refractivity contribution < 1.29 is 13.7 Å². The maximum atomic E-state index is 11.5. The van der Waals surface area contributed by atoms with Crippen LogP contribution in [0.3, 0.4) is 0 Å². The first kappa shape index (κ1) is 10.9. The molecule has 0 heterocycles. The van der Waals surface area contributed by atoms with Crippen molar-refractivity contribution in [3.8, 4) is 5.75 Å². The summed E-state index contributed by atoms with van der Waals surface area (Å²) in [5, 5.41) is 0. The number of ketones is 1. The number of carbonyl (C=O) groups is 1. The Kier molecular flexibility index (Phi) is 3.83. The van der Waals surface area contributed by atoms with Crippen molar-refractivity contribution in [2.45, 2.75) is 0 Å². The molecule has 0 bridgehead atoms. The second kappa shape index (κ2) is 4.91. The number of ether oxygens (including phenoxy) is 1. The highest BCUT2D eigenvalue weighted by Crippen LogP contribution is 2.13. The van der Waals surface area contributed by atoms with Crippen molar-refractivity contribution in [3.63, 3.8) is 0 Å². The van der Waals surface area contributed by atoms with E-state index in [2.05, 4.69) is 0 Å². The minimum absolute atomic E-state index is 0.0627. The third-order valence-electron chi connectivity index (χ3n) is 1.73. The molecule has 0 saturated carbocycles. The van der Waals surface area contributed by atoms with Gasteiger partial charge in [0.15, 0.2) is 5.78 Å². The summed E-state index contributed by atoms with van der Waals surface area (Å²) in [5.74, 6) is 0.579. The fraction of sp³-hybridized carbons (Fsp3) is 0.300. The van der Waals surface area contributed by atoms with Gasteiger partial charge in [-0.1, -0.05) is 12.1 Å². The Morgan fingerprint density at radius 3 is 2.79 bits per heavy atom. The lowest BCUT2D eigenvalue weighted by atomic mass is 10.1. The van der Waals surface area contributed by atoms with Crippen molar-refractivity contribution in [1.82, 2.24) is 0 Å². The van der Waals surface area contributed by atoms with Crippen LogP contribution in [0.2, 0.25) is 0 Å². The molecule has 0 aliphatic rings. The van der Waals surface area contributed by atoms with Crippen LogP contribution in [0.25, 0.3) is 0 Å². The first-order chi connectivity index (χ1) is 6.63. The number of Topliss-reactive ketones (excluding diaryl/α,β-unsaturated/α-hetero) is 1. The highest BCUT2D eigenvalue weighted by molar-refractivity contribution is 7.85. The molecule has 14 heavy (non-hydrogen) atoms. The third kappa shape index (κ3) is 2.96. The van der Waals surface area contributed by atoms with Crippen LogP contribution in [0.15, 0.2) is 24.3 Å². The lowest BCUT2D eigenvalue weighted by Crippen LogP contribution is -2.09. The Balaban J connectivity index is 2.84. The van der Waals surface area contributed by atoms with Gasteiger partial charge >= 0.3 is 0 Å². The number of hydrogen-bond donors (Lipinski definition) is 0. The minimum atomic E-state index is -1.10. The highest BCUT2D eigenvalue weighted by atomic mass is 32.2. The van der Waals surface area contributed by atoms with E-state index in [4.69, 9.17) is 4.74 Å². The molecule has 3 nitrogen and oxygen atoms in total. The van der Waals surface area contributed by atoms with E-state index in [1.54, 1.807) is 31.4 Å². The summed E-state index contributed by atoms with van der Waals surface area (Å²) in [7, 11) is 0.448. The van der Waals surface area contributed by atoms with Crippen LogP contribution in [0.4, 0.5) is 0 Å². The van der Waals surface area contributed by atoms with Crippen LogP contribution in [-0.2, 0) is 10.8 Å². The molecule has 0 aromatic heterocycles. The Morgan fingerprint density at radius 1 is 1.50 bits per heavy atom. The molecule has 0 N–H and O–H groups in total. The van der Waals surface area contributed by atoms with E-state index in [0.717, 1.165) is 0 Å². The van der Waals surface area contributed by atoms with Gasteiger partial charge in [-0.25, -0.2) is 0 Å². The summed E-state index contributed by atoms with van der Waals surface area (Å²) in [6.07, 6.45) is 1.51. The third-order valence-corrected chi connectivity index (χ3v) is 2.39. The molecule has 1 aromatic rings. The van der Waals surface area contributed by atoms with Crippen LogP contribution in [-0.4, -0.2) is 29.1 Å². The number of hydrogen-bond acceptors (Lipinski definition) is 3. The maximum Gasteiger partial charge on any atom is 0.175 e. The molecule has 0 radical (unpaired) electrons. The molecule has 76 valence electrons. The van der Waals surface area contributed by atoms with Gasteiger partial charge in [0.1, 0.15) is 5.75 Å².